The van der Waals surface area contributed by atoms with E-state index in [0.717, 1.165) is 0 Å². The van der Waals surface area contributed by atoms with Crippen LogP contribution in [0.25, 0.3) is 0 Å². The van der Waals surface area contributed by atoms with Crippen molar-refractivity contribution < 1.29 is 14.2 Å². The van der Waals surface area contributed by atoms with E-state index in [4.69, 9.17) is 16.3 Å². The molecule has 0 bridgehead atoms. The lowest BCUT2D eigenvalue weighted by Crippen LogP contribution is -2.18. The van der Waals surface area contributed by atoms with Gasteiger partial charge in [-0.2, -0.15) is 0 Å². The molecule has 0 aliphatic heterocycles. The summed E-state index contributed by atoms with van der Waals surface area (Å²) in [5, 5.41) is 9.88. The Morgan fingerprint density at radius 2 is 2.00 bits per heavy atom. The largest absolute Gasteiger partial charge is 0.494 e. The van der Waals surface area contributed by atoms with Crippen LogP contribution in [0.3, 0.4) is 0 Å². The first kappa shape index (κ1) is 11.3. The fourth-order valence-electron chi connectivity index (χ4n) is 1.25. The summed E-state index contributed by atoms with van der Waals surface area (Å²) in [6, 6.07) is 2.92. The number of rotatable bonds is 2. The van der Waals surface area contributed by atoms with E-state index < -0.39 is 11.4 Å². The van der Waals surface area contributed by atoms with E-state index in [9.17, 15) is 9.50 Å². The molecule has 0 aromatic heterocycles. The van der Waals surface area contributed by atoms with Crippen molar-refractivity contribution in [3.63, 3.8) is 0 Å². The van der Waals surface area contributed by atoms with Crippen LogP contribution < -0.4 is 4.74 Å². The average molecular weight is 219 g/mol. The Labute approximate surface area is 87.3 Å². The molecule has 0 saturated heterocycles. The SMILES string of the molecule is COc1ccc(Cl)c(C(C)(C)O)c1F. The van der Waals surface area contributed by atoms with Crippen molar-refractivity contribution in [2.24, 2.45) is 0 Å². The van der Waals surface area contributed by atoms with E-state index in [1.54, 1.807) is 0 Å². The quantitative estimate of drug-likeness (QED) is 0.827. The zero-order valence-electron chi connectivity index (χ0n) is 8.27. The minimum absolute atomic E-state index is 0.0542. The maximum absolute atomic E-state index is 13.7. The lowest BCUT2D eigenvalue weighted by Gasteiger charge is -2.21. The summed E-state index contributed by atoms with van der Waals surface area (Å²) in [4.78, 5) is 0. The monoisotopic (exact) mass is 218 g/mol. The van der Waals surface area contributed by atoms with Crippen molar-refractivity contribution in [2.75, 3.05) is 7.11 Å². The molecule has 78 valence electrons. The minimum Gasteiger partial charge on any atom is -0.494 e. The third-order valence-electron chi connectivity index (χ3n) is 1.89. The summed E-state index contributed by atoms with van der Waals surface area (Å²) in [6.07, 6.45) is 0. The topological polar surface area (TPSA) is 29.5 Å². The number of halogens is 2. The van der Waals surface area contributed by atoms with Gasteiger partial charge >= 0.3 is 0 Å². The second kappa shape index (κ2) is 3.75. The smallest absolute Gasteiger partial charge is 0.172 e. The van der Waals surface area contributed by atoms with Crippen LogP contribution in [0.15, 0.2) is 12.1 Å². The first-order valence-electron chi connectivity index (χ1n) is 4.12. The number of benzene rings is 1. The molecule has 1 aromatic rings. The normalized spacial score (nSPS) is 11.6. The van der Waals surface area contributed by atoms with Crippen LogP contribution in [0.4, 0.5) is 4.39 Å². The zero-order chi connectivity index (χ0) is 10.9. The maximum atomic E-state index is 13.7. The second-order valence-corrected chi connectivity index (χ2v) is 3.90. The molecule has 0 amide bonds. The minimum atomic E-state index is -1.32. The van der Waals surface area contributed by atoms with Crippen molar-refractivity contribution in [3.05, 3.63) is 28.5 Å². The molecule has 14 heavy (non-hydrogen) atoms. The lowest BCUT2D eigenvalue weighted by atomic mass is 9.97. The van der Waals surface area contributed by atoms with Gasteiger partial charge in [0.1, 0.15) is 0 Å². The fraction of sp³-hybridized carbons (Fsp3) is 0.400. The first-order valence-corrected chi connectivity index (χ1v) is 4.50. The molecule has 2 nitrogen and oxygen atoms in total. The van der Waals surface area contributed by atoms with Gasteiger partial charge in [0.2, 0.25) is 0 Å². The second-order valence-electron chi connectivity index (χ2n) is 3.50. The van der Waals surface area contributed by atoms with E-state index in [0.29, 0.717) is 0 Å². The van der Waals surface area contributed by atoms with Crippen molar-refractivity contribution in [1.82, 2.24) is 0 Å². The van der Waals surface area contributed by atoms with Crippen LogP contribution in [-0.4, -0.2) is 12.2 Å². The van der Waals surface area contributed by atoms with Gasteiger partial charge in [-0.3, -0.25) is 0 Å². The third kappa shape index (κ3) is 1.99. The number of ether oxygens (including phenoxy) is 1. The summed E-state index contributed by atoms with van der Waals surface area (Å²) in [5.41, 5.74) is -1.27. The fourth-order valence-corrected chi connectivity index (χ4v) is 1.63. The summed E-state index contributed by atoms with van der Waals surface area (Å²) < 4.78 is 18.5. The van der Waals surface area contributed by atoms with Gasteiger partial charge < -0.3 is 9.84 Å². The Morgan fingerprint density at radius 1 is 1.43 bits per heavy atom. The Bertz CT molecular complexity index is 345. The van der Waals surface area contributed by atoms with Gasteiger partial charge in [0.15, 0.2) is 11.6 Å². The molecule has 0 saturated carbocycles. The number of methoxy groups -OCH3 is 1. The molecular formula is C10H12ClFO2. The third-order valence-corrected chi connectivity index (χ3v) is 2.20. The molecule has 0 heterocycles. The summed E-state index contributed by atoms with van der Waals surface area (Å²) in [7, 11) is 1.36. The van der Waals surface area contributed by atoms with Crippen LogP contribution in [0, 0.1) is 5.82 Å². The molecule has 1 aromatic carbocycles. The highest BCUT2D eigenvalue weighted by molar-refractivity contribution is 6.31. The van der Waals surface area contributed by atoms with Crippen LogP contribution >= 0.6 is 11.6 Å². The molecule has 0 atom stereocenters. The van der Waals surface area contributed by atoms with Crippen LogP contribution in [0.5, 0.6) is 5.75 Å². The van der Waals surface area contributed by atoms with Crippen molar-refractivity contribution in [3.8, 4) is 5.75 Å². The predicted octanol–water partition coefficient (Wildman–Crippen LogP) is 2.72. The van der Waals surface area contributed by atoms with E-state index >= 15 is 0 Å². The van der Waals surface area contributed by atoms with Crippen molar-refractivity contribution in [2.45, 2.75) is 19.4 Å². The zero-order valence-corrected chi connectivity index (χ0v) is 9.02. The van der Waals surface area contributed by atoms with Gasteiger partial charge in [-0.25, -0.2) is 4.39 Å². The highest BCUT2D eigenvalue weighted by atomic mass is 35.5. The van der Waals surface area contributed by atoms with Gasteiger partial charge in [0.05, 0.1) is 12.7 Å². The Balaban J connectivity index is 3.40. The molecule has 0 unspecified atom stereocenters. The number of hydrogen-bond acceptors (Lipinski definition) is 2. The van der Waals surface area contributed by atoms with Gasteiger partial charge in [-0.05, 0) is 26.0 Å². The maximum Gasteiger partial charge on any atom is 0.172 e. The Morgan fingerprint density at radius 3 is 2.43 bits per heavy atom. The Kier molecular flexibility index (Phi) is 3.02. The van der Waals surface area contributed by atoms with Gasteiger partial charge in [0.25, 0.3) is 0 Å². The molecule has 1 rings (SSSR count). The molecule has 1 N–H and O–H groups in total. The van der Waals surface area contributed by atoms with Crippen LogP contribution in [0.1, 0.15) is 19.4 Å². The molecule has 0 aliphatic rings. The standard InChI is InChI=1S/C10H12ClFO2/c1-10(2,13)8-6(11)4-5-7(14-3)9(8)12/h4-5,13H,1-3H3. The van der Waals surface area contributed by atoms with Gasteiger partial charge in [0, 0.05) is 10.6 Å². The highest BCUT2D eigenvalue weighted by Crippen LogP contribution is 2.34. The molecule has 0 fully saturated rings. The van der Waals surface area contributed by atoms with Crippen LogP contribution in [-0.2, 0) is 5.60 Å². The van der Waals surface area contributed by atoms with Crippen LogP contribution in [0.2, 0.25) is 5.02 Å². The van der Waals surface area contributed by atoms with E-state index in [2.05, 4.69) is 0 Å². The van der Waals surface area contributed by atoms with Gasteiger partial charge in [-0.1, -0.05) is 11.6 Å². The van der Waals surface area contributed by atoms with Gasteiger partial charge in [-0.15, -0.1) is 0 Å². The van der Waals surface area contributed by atoms with Crippen molar-refractivity contribution in [1.29, 1.82) is 0 Å². The lowest BCUT2D eigenvalue weighted by molar-refractivity contribution is 0.0740. The average Bonchev–Trinajstić information content (AvgIpc) is 2.02. The van der Waals surface area contributed by atoms with E-state index in [1.165, 1.54) is 33.1 Å². The molecule has 0 radical (unpaired) electrons. The highest BCUT2D eigenvalue weighted by Gasteiger charge is 2.26. The van der Waals surface area contributed by atoms with E-state index in [-0.39, 0.29) is 16.3 Å². The first-order chi connectivity index (χ1) is 6.38. The summed E-state index contributed by atoms with van der Waals surface area (Å²) in [5.74, 6) is -0.543. The Hall–Kier alpha value is -0.800. The van der Waals surface area contributed by atoms with E-state index in [1.807, 2.05) is 0 Å². The molecular weight excluding hydrogens is 207 g/mol. The molecule has 4 heteroatoms. The summed E-state index contributed by atoms with van der Waals surface area (Å²) in [6.45, 7) is 2.94. The van der Waals surface area contributed by atoms with Crippen molar-refractivity contribution >= 4 is 11.6 Å². The molecule has 0 aliphatic carbocycles. The predicted molar refractivity (Wildman–Crippen MR) is 53.2 cm³/mol. The molecule has 0 spiro atoms. The summed E-state index contributed by atoms with van der Waals surface area (Å²) >= 11 is 5.79. The number of aliphatic hydroxyl groups is 1. The number of hydrogen-bond donors (Lipinski definition) is 1.